The van der Waals surface area contributed by atoms with Crippen LogP contribution >= 0.6 is 0 Å². The number of nitrogens with zero attached hydrogens (tertiary/aromatic N) is 3. The quantitative estimate of drug-likeness (QED) is 0.848. The average molecular weight is 260 g/mol. The van der Waals surface area contributed by atoms with Gasteiger partial charge in [-0.05, 0) is 29.7 Å². The van der Waals surface area contributed by atoms with Gasteiger partial charge in [0.2, 0.25) is 5.89 Å². The summed E-state index contributed by atoms with van der Waals surface area (Å²) in [6.45, 7) is 2.64. The third-order valence-corrected chi connectivity index (χ3v) is 3.33. The molecular formula is C13H16N4O2. The van der Waals surface area contributed by atoms with Crippen LogP contribution < -0.4 is 5.73 Å². The molecule has 1 aliphatic rings. The molecule has 3 N–H and O–H groups in total. The SMILES string of the molecule is NCc1nc(CN2CCc3ccc(O)cc3C2)no1. The zero-order valence-electron chi connectivity index (χ0n) is 10.5. The predicted molar refractivity (Wildman–Crippen MR) is 68.1 cm³/mol. The Morgan fingerprint density at radius 1 is 1.37 bits per heavy atom. The van der Waals surface area contributed by atoms with Gasteiger partial charge in [0.1, 0.15) is 5.75 Å². The summed E-state index contributed by atoms with van der Waals surface area (Å²) in [5.41, 5.74) is 7.90. The standard InChI is InChI=1S/C13H16N4O2/c14-6-13-15-12(16-19-13)8-17-4-3-9-1-2-11(18)5-10(9)7-17/h1-2,5,18H,3-4,6-8,14H2. The van der Waals surface area contributed by atoms with Crippen LogP contribution in [0.5, 0.6) is 5.75 Å². The van der Waals surface area contributed by atoms with E-state index in [1.165, 1.54) is 5.56 Å². The van der Waals surface area contributed by atoms with Crippen LogP contribution in [0.25, 0.3) is 0 Å². The average Bonchev–Trinajstić information content (AvgIpc) is 2.86. The Morgan fingerprint density at radius 2 is 2.26 bits per heavy atom. The van der Waals surface area contributed by atoms with Gasteiger partial charge in [0.05, 0.1) is 13.1 Å². The highest BCUT2D eigenvalue weighted by Crippen LogP contribution is 2.23. The number of aromatic nitrogens is 2. The summed E-state index contributed by atoms with van der Waals surface area (Å²) < 4.78 is 4.99. The van der Waals surface area contributed by atoms with E-state index in [0.717, 1.165) is 25.1 Å². The molecule has 0 spiro atoms. The monoisotopic (exact) mass is 260 g/mol. The third-order valence-electron chi connectivity index (χ3n) is 3.33. The Hall–Kier alpha value is -1.92. The number of hydrogen-bond acceptors (Lipinski definition) is 6. The largest absolute Gasteiger partial charge is 0.508 e. The van der Waals surface area contributed by atoms with Crippen molar-refractivity contribution in [1.29, 1.82) is 0 Å². The van der Waals surface area contributed by atoms with Crippen LogP contribution in [0.1, 0.15) is 22.8 Å². The minimum Gasteiger partial charge on any atom is -0.508 e. The van der Waals surface area contributed by atoms with E-state index in [1.54, 1.807) is 6.07 Å². The Morgan fingerprint density at radius 3 is 3.05 bits per heavy atom. The smallest absolute Gasteiger partial charge is 0.240 e. The first-order valence-electron chi connectivity index (χ1n) is 6.29. The molecule has 0 radical (unpaired) electrons. The van der Waals surface area contributed by atoms with E-state index in [0.29, 0.717) is 24.0 Å². The lowest BCUT2D eigenvalue weighted by atomic mass is 9.99. The molecule has 3 rings (SSSR count). The molecule has 1 aromatic heterocycles. The minimum absolute atomic E-state index is 0.268. The zero-order chi connectivity index (χ0) is 13.2. The van der Waals surface area contributed by atoms with Crippen LogP contribution in [-0.4, -0.2) is 26.7 Å². The summed E-state index contributed by atoms with van der Waals surface area (Å²) in [6.07, 6.45) is 0.969. The highest BCUT2D eigenvalue weighted by Gasteiger charge is 2.18. The number of phenols is 1. The van der Waals surface area contributed by atoms with Crippen molar-refractivity contribution in [3.8, 4) is 5.75 Å². The summed E-state index contributed by atoms with van der Waals surface area (Å²) >= 11 is 0. The lowest BCUT2D eigenvalue weighted by Crippen LogP contribution is -2.30. The van der Waals surface area contributed by atoms with E-state index in [4.69, 9.17) is 10.3 Å². The van der Waals surface area contributed by atoms with Gasteiger partial charge in [0.15, 0.2) is 5.82 Å². The molecule has 6 nitrogen and oxygen atoms in total. The van der Waals surface area contributed by atoms with Crippen molar-refractivity contribution in [1.82, 2.24) is 15.0 Å². The van der Waals surface area contributed by atoms with E-state index < -0.39 is 0 Å². The zero-order valence-corrected chi connectivity index (χ0v) is 10.5. The van der Waals surface area contributed by atoms with Crippen LogP contribution in [0.3, 0.4) is 0 Å². The Kier molecular flexibility index (Phi) is 3.18. The lowest BCUT2D eigenvalue weighted by molar-refractivity contribution is 0.235. The number of hydrogen-bond donors (Lipinski definition) is 2. The lowest BCUT2D eigenvalue weighted by Gasteiger charge is -2.27. The molecule has 100 valence electrons. The molecule has 0 aliphatic carbocycles. The Balaban J connectivity index is 1.71. The van der Waals surface area contributed by atoms with Crippen LogP contribution in [0, 0.1) is 0 Å². The summed E-state index contributed by atoms with van der Waals surface area (Å²) in [5.74, 6) is 1.43. The summed E-state index contributed by atoms with van der Waals surface area (Å²) in [5, 5.41) is 13.4. The molecule has 0 bridgehead atoms. The van der Waals surface area contributed by atoms with Gasteiger partial charge in [0, 0.05) is 13.1 Å². The minimum atomic E-state index is 0.268. The number of nitrogens with two attached hydrogens (primary N) is 1. The van der Waals surface area contributed by atoms with Gasteiger partial charge in [-0.2, -0.15) is 4.98 Å². The Labute approximate surface area is 110 Å². The molecule has 1 aromatic carbocycles. The number of aromatic hydroxyl groups is 1. The Bertz CT molecular complexity index is 582. The van der Waals surface area contributed by atoms with Crippen LogP contribution in [0.4, 0.5) is 0 Å². The van der Waals surface area contributed by atoms with Crippen molar-refractivity contribution in [2.45, 2.75) is 26.1 Å². The van der Waals surface area contributed by atoms with E-state index in [-0.39, 0.29) is 6.54 Å². The fourth-order valence-electron chi connectivity index (χ4n) is 2.37. The predicted octanol–water partition coefficient (Wildman–Crippen LogP) is 0.792. The van der Waals surface area contributed by atoms with Crippen molar-refractivity contribution < 1.29 is 9.63 Å². The van der Waals surface area contributed by atoms with Crippen LogP contribution in [0.15, 0.2) is 22.7 Å². The van der Waals surface area contributed by atoms with Gasteiger partial charge < -0.3 is 15.4 Å². The van der Waals surface area contributed by atoms with Gasteiger partial charge >= 0.3 is 0 Å². The van der Waals surface area contributed by atoms with Gasteiger partial charge in [-0.1, -0.05) is 11.2 Å². The molecule has 2 heterocycles. The molecule has 0 amide bonds. The number of rotatable bonds is 3. The molecule has 0 fully saturated rings. The van der Waals surface area contributed by atoms with E-state index in [2.05, 4.69) is 15.0 Å². The fraction of sp³-hybridized carbons (Fsp3) is 0.385. The number of fused-ring (bicyclic) bond motifs is 1. The first-order valence-corrected chi connectivity index (χ1v) is 6.29. The number of benzene rings is 1. The molecule has 0 atom stereocenters. The van der Waals surface area contributed by atoms with Crippen molar-refractivity contribution >= 4 is 0 Å². The maximum atomic E-state index is 9.53. The molecule has 0 unspecified atom stereocenters. The van der Waals surface area contributed by atoms with Crippen LogP contribution in [0.2, 0.25) is 0 Å². The van der Waals surface area contributed by atoms with Crippen LogP contribution in [-0.2, 0) is 26.1 Å². The molecule has 0 saturated heterocycles. The maximum Gasteiger partial charge on any atom is 0.240 e. The summed E-state index contributed by atoms with van der Waals surface area (Å²) in [6, 6.07) is 5.55. The van der Waals surface area contributed by atoms with Crippen molar-refractivity contribution in [2.75, 3.05) is 6.54 Å². The molecule has 2 aromatic rings. The second kappa shape index (κ2) is 4.99. The summed E-state index contributed by atoms with van der Waals surface area (Å²) in [4.78, 5) is 6.43. The normalized spacial score (nSPS) is 15.4. The van der Waals surface area contributed by atoms with Gasteiger partial charge in [-0.15, -0.1) is 0 Å². The van der Waals surface area contributed by atoms with Crippen molar-refractivity contribution in [3.05, 3.63) is 41.0 Å². The molecule has 6 heteroatoms. The second-order valence-corrected chi connectivity index (χ2v) is 4.72. The van der Waals surface area contributed by atoms with E-state index >= 15 is 0 Å². The van der Waals surface area contributed by atoms with Gasteiger partial charge in [-0.3, -0.25) is 4.90 Å². The topological polar surface area (TPSA) is 88.4 Å². The van der Waals surface area contributed by atoms with Gasteiger partial charge in [0.25, 0.3) is 0 Å². The summed E-state index contributed by atoms with van der Waals surface area (Å²) in [7, 11) is 0. The highest BCUT2D eigenvalue weighted by atomic mass is 16.5. The molecule has 1 aliphatic heterocycles. The first kappa shape index (κ1) is 12.1. The van der Waals surface area contributed by atoms with Gasteiger partial charge in [-0.25, -0.2) is 0 Å². The first-order chi connectivity index (χ1) is 9.24. The highest BCUT2D eigenvalue weighted by molar-refractivity contribution is 5.36. The molecule has 0 saturated carbocycles. The fourth-order valence-corrected chi connectivity index (χ4v) is 2.37. The third kappa shape index (κ3) is 2.59. The van der Waals surface area contributed by atoms with Crippen molar-refractivity contribution in [2.24, 2.45) is 5.73 Å². The van der Waals surface area contributed by atoms with E-state index in [9.17, 15) is 5.11 Å². The second-order valence-electron chi connectivity index (χ2n) is 4.72. The van der Waals surface area contributed by atoms with Crippen molar-refractivity contribution in [3.63, 3.8) is 0 Å². The van der Waals surface area contributed by atoms with E-state index in [1.807, 2.05) is 12.1 Å². The maximum absolute atomic E-state index is 9.53. The molecular weight excluding hydrogens is 244 g/mol. The molecule has 19 heavy (non-hydrogen) atoms. The number of phenolic OH excluding ortho intramolecular Hbond substituents is 1.